The summed E-state index contributed by atoms with van der Waals surface area (Å²) in [5, 5.41) is 5.67. The van der Waals surface area contributed by atoms with Gasteiger partial charge >= 0.3 is 37.9 Å². The van der Waals surface area contributed by atoms with E-state index in [-0.39, 0.29) is 0 Å². The molecule has 0 spiro atoms. The van der Waals surface area contributed by atoms with Gasteiger partial charge in [-0.05, 0) is 41.5 Å². The van der Waals surface area contributed by atoms with Crippen LogP contribution in [-0.4, -0.2) is 0 Å². The normalized spacial score (nSPS) is 10.3. The van der Waals surface area contributed by atoms with Gasteiger partial charge in [-0.2, -0.15) is 24.3 Å². The first-order chi connectivity index (χ1) is 13.7. The molecule has 29 heavy (non-hydrogen) atoms. The molecule has 4 aromatic carbocycles. The summed E-state index contributed by atoms with van der Waals surface area (Å²) in [6, 6.07) is 13.1. The minimum absolute atomic E-state index is 0.826. The molecule has 0 aliphatic rings. The van der Waals surface area contributed by atoms with Gasteiger partial charge in [0.2, 0.25) is 0 Å². The molecule has 0 N–H and O–H groups in total. The van der Waals surface area contributed by atoms with Crippen molar-refractivity contribution in [2.75, 3.05) is 0 Å². The van der Waals surface area contributed by atoms with Crippen molar-refractivity contribution in [3.63, 3.8) is 0 Å². The molecule has 0 unspecified atom stereocenters. The first-order valence-electron chi connectivity index (χ1n) is 9.87. The molecule has 0 atom stereocenters. The molecule has 3 heteroatoms. The van der Waals surface area contributed by atoms with Crippen LogP contribution in [0.3, 0.4) is 0 Å². The van der Waals surface area contributed by atoms with E-state index < -0.39 is 20.8 Å². The summed E-state index contributed by atoms with van der Waals surface area (Å²) >= 11 is -0.826. The molecule has 0 nitrogen and oxygen atoms in total. The van der Waals surface area contributed by atoms with Crippen LogP contribution in [-0.2, 0) is 20.8 Å². The van der Waals surface area contributed by atoms with E-state index in [4.69, 9.17) is 17.0 Å². The zero-order chi connectivity index (χ0) is 21.9. The first kappa shape index (κ1) is 24.4. The Hall–Kier alpha value is -0.877. The number of hydrogen-bond donors (Lipinski definition) is 0. The second-order valence-corrected chi connectivity index (χ2v) is 11.5. The predicted molar refractivity (Wildman–Crippen MR) is 129 cm³/mol. The predicted octanol–water partition coefficient (Wildman–Crippen LogP) is 8.96. The van der Waals surface area contributed by atoms with Crippen LogP contribution in [0.2, 0.25) is 0 Å². The van der Waals surface area contributed by atoms with E-state index in [0.717, 1.165) is 0 Å². The fraction of sp³-hybridized carbons (Fsp3) is 0.308. The van der Waals surface area contributed by atoms with E-state index in [1.165, 1.54) is 66.1 Å². The van der Waals surface area contributed by atoms with Crippen LogP contribution in [0.1, 0.15) is 44.5 Å². The topological polar surface area (TPSA) is 0 Å². The zero-order valence-corrected chi connectivity index (χ0v) is 22.7. The molecule has 0 heterocycles. The molecular weight excluding hydrogens is 474 g/mol. The Bertz CT molecular complexity index is 955. The molecule has 0 amide bonds. The summed E-state index contributed by atoms with van der Waals surface area (Å²) < 4.78 is 0. The summed E-state index contributed by atoms with van der Waals surface area (Å²) in [6.07, 6.45) is 0. The molecule has 0 fully saturated rings. The fourth-order valence-electron chi connectivity index (χ4n) is 4.08. The summed E-state index contributed by atoms with van der Waals surface area (Å²) in [4.78, 5) is 0. The van der Waals surface area contributed by atoms with Crippen LogP contribution in [0.25, 0.3) is 21.5 Å². The Balaban J connectivity index is 0.000000183. The van der Waals surface area contributed by atoms with Crippen molar-refractivity contribution in [2.24, 2.45) is 0 Å². The van der Waals surface area contributed by atoms with Crippen molar-refractivity contribution >= 4 is 38.6 Å². The summed E-state index contributed by atoms with van der Waals surface area (Å²) in [6.45, 7) is 17.7. The average Bonchev–Trinajstić information content (AvgIpc) is 3.38. The van der Waals surface area contributed by atoms with Gasteiger partial charge in [0.15, 0.2) is 0 Å². The number of hydrogen-bond acceptors (Lipinski definition) is 0. The third-order valence-corrected chi connectivity index (χ3v) is 6.62. The van der Waals surface area contributed by atoms with Crippen LogP contribution in [0.15, 0.2) is 36.4 Å². The Morgan fingerprint density at radius 1 is 0.517 bits per heavy atom. The molecule has 0 radical (unpaired) electrons. The molecule has 0 bridgehead atoms. The van der Waals surface area contributed by atoms with Crippen LogP contribution < -0.4 is 0 Å². The van der Waals surface area contributed by atoms with E-state index in [0.29, 0.717) is 0 Å². The van der Waals surface area contributed by atoms with E-state index in [1.54, 1.807) is 0 Å². The Morgan fingerprint density at radius 2 is 0.793 bits per heavy atom. The monoisotopic (exact) mass is 502 g/mol. The van der Waals surface area contributed by atoms with Crippen molar-refractivity contribution in [2.45, 2.75) is 55.4 Å². The summed E-state index contributed by atoms with van der Waals surface area (Å²) in [7, 11) is 9.87. The van der Waals surface area contributed by atoms with Gasteiger partial charge in [0.25, 0.3) is 0 Å². The van der Waals surface area contributed by atoms with Gasteiger partial charge in [-0.3, -0.25) is 0 Å². The van der Waals surface area contributed by atoms with Gasteiger partial charge in [0.05, 0.1) is 0 Å². The summed E-state index contributed by atoms with van der Waals surface area (Å²) in [5.74, 6) is 0. The Labute approximate surface area is 194 Å². The van der Waals surface area contributed by atoms with E-state index in [1.807, 2.05) is 0 Å². The maximum absolute atomic E-state index is 4.93. The third kappa shape index (κ3) is 4.90. The second-order valence-electron chi connectivity index (χ2n) is 7.78. The third-order valence-electron chi connectivity index (χ3n) is 6.62. The standard InChI is InChI=1S/2C13H15.2ClH.Zr/c2*1-8-9(2)11(4)13-7-5-6-12(13)10(8)3;;;/h2*5-7H,1-4H3;2*1H;/q2*-1;;;+4/p-2. The number of benzene rings is 2. The Morgan fingerprint density at radius 3 is 1.10 bits per heavy atom. The van der Waals surface area contributed by atoms with Crippen LogP contribution >= 0.6 is 17.0 Å². The van der Waals surface area contributed by atoms with E-state index in [9.17, 15) is 0 Å². The number of aryl methyl sites for hydroxylation is 4. The quantitative estimate of drug-likeness (QED) is 0.210. The molecule has 0 aliphatic carbocycles. The molecule has 0 saturated heterocycles. The SMILES string of the molecule is Cc1c(C)c(C)c2[cH-]ccc2c1C.Cc1c(C)c(C)c2[cH-]ccc2c1C.[Cl][Zr+2][Cl]. The molecule has 4 rings (SSSR count). The second kappa shape index (κ2) is 10.4. The van der Waals surface area contributed by atoms with Crippen molar-refractivity contribution in [1.29, 1.82) is 0 Å². The van der Waals surface area contributed by atoms with E-state index in [2.05, 4.69) is 91.8 Å². The Kier molecular flexibility index (Phi) is 8.77. The van der Waals surface area contributed by atoms with Crippen molar-refractivity contribution in [1.82, 2.24) is 0 Å². The fourth-order valence-corrected chi connectivity index (χ4v) is 4.08. The van der Waals surface area contributed by atoms with Crippen LogP contribution in [0, 0.1) is 55.4 Å². The summed E-state index contributed by atoms with van der Waals surface area (Å²) in [5.41, 5.74) is 11.5. The van der Waals surface area contributed by atoms with Gasteiger partial charge < -0.3 is 0 Å². The van der Waals surface area contributed by atoms with Crippen molar-refractivity contribution < 1.29 is 20.8 Å². The average molecular weight is 505 g/mol. The molecule has 4 aromatic rings. The van der Waals surface area contributed by atoms with Gasteiger partial charge in [-0.15, -0.1) is 44.8 Å². The van der Waals surface area contributed by atoms with Gasteiger partial charge in [0, 0.05) is 0 Å². The van der Waals surface area contributed by atoms with Gasteiger partial charge in [-0.25, -0.2) is 0 Å². The van der Waals surface area contributed by atoms with Crippen LogP contribution in [0.4, 0.5) is 0 Å². The van der Waals surface area contributed by atoms with Crippen molar-refractivity contribution in [3.8, 4) is 0 Å². The minimum atomic E-state index is -0.826. The zero-order valence-electron chi connectivity index (χ0n) is 18.7. The van der Waals surface area contributed by atoms with Gasteiger partial charge in [-0.1, -0.05) is 47.2 Å². The molecule has 0 aromatic heterocycles. The molecular formula is C26H30Cl2Zr. The first-order valence-corrected chi connectivity index (χ1v) is 16.2. The molecule has 152 valence electrons. The molecule has 0 aliphatic heterocycles. The number of rotatable bonds is 0. The van der Waals surface area contributed by atoms with E-state index >= 15 is 0 Å². The maximum atomic E-state index is 4.93. The van der Waals surface area contributed by atoms with Crippen molar-refractivity contribution in [3.05, 3.63) is 80.9 Å². The molecule has 0 saturated carbocycles. The number of halogens is 2. The van der Waals surface area contributed by atoms with Crippen LogP contribution in [0.5, 0.6) is 0 Å². The number of fused-ring (bicyclic) bond motifs is 2. The van der Waals surface area contributed by atoms with Gasteiger partial charge in [0.1, 0.15) is 0 Å².